The lowest BCUT2D eigenvalue weighted by molar-refractivity contribution is -0.162. The van der Waals surface area contributed by atoms with Gasteiger partial charge in [-0.1, -0.05) is 57.3 Å². The van der Waals surface area contributed by atoms with Crippen molar-refractivity contribution >= 4 is 39.1 Å². The van der Waals surface area contributed by atoms with Gasteiger partial charge in [-0.25, -0.2) is 0 Å². The highest BCUT2D eigenvalue weighted by Gasteiger charge is 2.58. The summed E-state index contributed by atoms with van der Waals surface area (Å²) in [6.45, 7) is 0. The Morgan fingerprint density at radius 3 is 2.12 bits per heavy atom. The highest BCUT2D eigenvalue weighted by atomic mass is 79.9. The van der Waals surface area contributed by atoms with Gasteiger partial charge in [-0.05, 0) is 11.6 Å². The molecule has 1 unspecified atom stereocenters. The monoisotopic (exact) mass is 336 g/mol. The molecule has 0 amide bonds. The fourth-order valence-electron chi connectivity index (χ4n) is 1.05. The zero-order valence-corrected chi connectivity index (χ0v) is 10.7. The zero-order chi connectivity index (χ0) is 12.6. The van der Waals surface area contributed by atoms with Crippen LogP contribution in [0.4, 0.5) is 13.2 Å². The molecular weight excluding hydrogens is 332 g/mol. The Kier molecular flexibility index (Phi) is 4.16. The minimum Gasteiger partial charge on any atom is -0.385 e. The average Bonchev–Trinajstić information content (AvgIpc) is 2.15. The van der Waals surface area contributed by atoms with Crippen LogP contribution in [0.15, 0.2) is 28.7 Å². The molecule has 1 aromatic carbocycles. The molecule has 7 heteroatoms. The van der Waals surface area contributed by atoms with Crippen molar-refractivity contribution in [3.63, 3.8) is 0 Å². The Morgan fingerprint density at radius 1 is 1.19 bits per heavy atom. The van der Waals surface area contributed by atoms with Crippen LogP contribution in [0.1, 0.15) is 11.7 Å². The van der Waals surface area contributed by atoms with Gasteiger partial charge in [-0.3, -0.25) is 0 Å². The first-order chi connectivity index (χ1) is 7.18. The zero-order valence-electron chi connectivity index (χ0n) is 7.60. The first kappa shape index (κ1) is 14.1. The number of halogens is 6. The highest BCUT2D eigenvalue weighted by Crippen LogP contribution is 2.49. The fourth-order valence-corrected chi connectivity index (χ4v) is 1.78. The van der Waals surface area contributed by atoms with Crippen molar-refractivity contribution in [2.24, 2.45) is 0 Å². The number of hydrogen-bond donors (Lipinski definition) is 1. The van der Waals surface area contributed by atoms with Crippen LogP contribution in [0.5, 0.6) is 0 Å². The smallest absolute Gasteiger partial charge is 0.385 e. The van der Waals surface area contributed by atoms with Gasteiger partial charge in [0, 0.05) is 4.47 Å². The second-order valence-electron chi connectivity index (χ2n) is 3.04. The first-order valence-electron chi connectivity index (χ1n) is 4.05. The second-order valence-corrected chi connectivity index (χ2v) is 5.28. The first-order valence-corrected chi connectivity index (χ1v) is 5.60. The van der Waals surface area contributed by atoms with E-state index in [9.17, 15) is 18.3 Å². The average molecular weight is 338 g/mol. The van der Waals surface area contributed by atoms with E-state index in [0.717, 1.165) is 0 Å². The number of rotatable bonds is 2. The number of aliphatic hydroxyl groups excluding tert-OH is 1. The molecule has 16 heavy (non-hydrogen) atoms. The quantitative estimate of drug-likeness (QED) is 0.801. The molecule has 0 spiro atoms. The van der Waals surface area contributed by atoms with Gasteiger partial charge in [0.15, 0.2) is 0 Å². The SMILES string of the molecule is OC(c1ccccc1Br)C(Cl)(Cl)C(F)(F)F. The topological polar surface area (TPSA) is 20.2 Å². The van der Waals surface area contributed by atoms with Gasteiger partial charge in [0.1, 0.15) is 6.10 Å². The summed E-state index contributed by atoms with van der Waals surface area (Å²) in [5, 5.41) is 9.55. The van der Waals surface area contributed by atoms with Crippen LogP contribution < -0.4 is 0 Å². The normalized spacial score (nSPS) is 14.9. The third-order valence-electron chi connectivity index (χ3n) is 1.92. The van der Waals surface area contributed by atoms with Crippen LogP contribution in [0, 0.1) is 0 Å². The molecule has 1 N–H and O–H groups in total. The lowest BCUT2D eigenvalue weighted by atomic mass is 10.1. The van der Waals surface area contributed by atoms with E-state index in [0.29, 0.717) is 4.47 Å². The molecule has 1 nitrogen and oxygen atoms in total. The molecule has 0 heterocycles. The Morgan fingerprint density at radius 2 is 1.69 bits per heavy atom. The van der Waals surface area contributed by atoms with Gasteiger partial charge in [-0.15, -0.1) is 0 Å². The maximum absolute atomic E-state index is 12.5. The fraction of sp³-hybridized carbons (Fsp3) is 0.333. The molecule has 0 aliphatic heterocycles. The lowest BCUT2D eigenvalue weighted by Crippen LogP contribution is -2.40. The standard InChI is InChI=1S/C9H6BrCl2F3O/c10-6-4-2-1-3-5(6)7(16)8(11,12)9(13,14)15/h1-4,7,16H. The van der Waals surface area contributed by atoms with Gasteiger partial charge in [0.2, 0.25) is 4.33 Å². The number of benzene rings is 1. The summed E-state index contributed by atoms with van der Waals surface area (Å²) in [5.41, 5.74) is -0.0233. The Balaban J connectivity index is 3.12. The maximum atomic E-state index is 12.5. The second kappa shape index (κ2) is 4.72. The summed E-state index contributed by atoms with van der Waals surface area (Å²) >= 11 is 13.3. The molecule has 1 atom stereocenters. The van der Waals surface area contributed by atoms with E-state index in [4.69, 9.17) is 23.2 Å². The Labute approximate surface area is 108 Å². The summed E-state index contributed by atoms with van der Waals surface area (Å²) in [4.78, 5) is 0. The molecule has 0 bridgehead atoms. The van der Waals surface area contributed by atoms with Gasteiger partial charge >= 0.3 is 6.18 Å². The molecule has 0 saturated heterocycles. The van der Waals surface area contributed by atoms with Crippen LogP contribution in [0.25, 0.3) is 0 Å². The van der Waals surface area contributed by atoms with Gasteiger partial charge in [0.25, 0.3) is 0 Å². The van der Waals surface area contributed by atoms with Crippen LogP contribution in [0.3, 0.4) is 0 Å². The van der Waals surface area contributed by atoms with Crippen LogP contribution in [0.2, 0.25) is 0 Å². The molecule has 90 valence electrons. The number of aliphatic hydroxyl groups is 1. The lowest BCUT2D eigenvalue weighted by Gasteiger charge is -2.28. The summed E-state index contributed by atoms with van der Waals surface area (Å²) in [6, 6.07) is 5.86. The van der Waals surface area contributed by atoms with E-state index < -0.39 is 16.6 Å². The number of hydrogen-bond acceptors (Lipinski definition) is 1. The molecule has 0 saturated carbocycles. The molecule has 1 aromatic rings. The van der Waals surface area contributed by atoms with E-state index in [1.807, 2.05) is 0 Å². The van der Waals surface area contributed by atoms with E-state index in [-0.39, 0.29) is 5.56 Å². The molecule has 0 radical (unpaired) electrons. The third-order valence-corrected chi connectivity index (χ3v) is 3.49. The minimum absolute atomic E-state index is 0.0233. The van der Waals surface area contributed by atoms with Gasteiger partial charge in [0.05, 0.1) is 0 Å². The van der Waals surface area contributed by atoms with Crippen molar-refractivity contribution in [3.8, 4) is 0 Å². The van der Waals surface area contributed by atoms with Crippen LogP contribution in [-0.4, -0.2) is 15.6 Å². The van der Waals surface area contributed by atoms with Gasteiger partial charge in [-0.2, -0.15) is 13.2 Å². The van der Waals surface area contributed by atoms with E-state index in [2.05, 4.69) is 15.9 Å². The third kappa shape index (κ3) is 2.64. The van der Waals surface area contributed by atoms with Crippen molar-refractivity contribution in [1.82, 2.24) is 0 Å². The van der Waals surface area contributed by atoms with Gasteiger partial charge < -0.3 is 5.11 Å². The van der Waals surface area contributed by atoms with E-state index >= 15 is 0 Å². The van der Waals surface area contributed by atoms with E-state index in [1.165, 1.54) is 18.2 Å². The number of alkyl halides is 5. The van der Waals surface area contributed by atoms with Crippen molar-refractivity contribution in [2.75, 3.05) is 0 Å². The highest BCUT2D eigenvalue weighted by molar-refractivity contribution is 9.10. The molecular formula is C9H6BrCl2F3O. The van der Waals surface area contributed by atoms with Crippen molar-refractivity contribution in [1.29, 1.82) is 0 Å². The minimum atomic E-state index is -4.93. The molecule has 1 rings (SSSR count). The Bertz CT molecular complexity index is 381. The molecule has 0 aliphatic carbocycles. The van der Waals surface area contributed by atoms with Crippen LogP contribution >= 0.6 is 39.1 Å². The van der Waals surface area contributed by atoms with Crippen LogP contribution in [-0.2, 0) is 0 Å². The van der Waals surface area contributed by atoms with Crippen molar-refractivity contribution < 1.29 is 18.3 Å². The molecule has 0 fully saturated rings. The predicted octanol–water partition coefficient (Wildman–Crippen LogP) is 4.22. The summed E-state index contributed by atoms with van der Waals surface area (Å²) in [6.07, 6.45) is -6.99. The summed E-state index contributed by atoms with van der Waals surface area (Å²) in [5.74, 6) is 0. The summed E-state index contributed by atoms with van der Waals surface area (Å²) < 4.78 is 34.4. The predicted molar refractivity (Wildman–Crippen MR) is 59.6 cm³/mol. The largest absolute Gasteiger partial charge is 0.424 e. The summed E-state index contributed by atoms with van der Waals surface area (Å²) in [7, 11) is 0. The molecule has 0 aliphatic rings. The van der Waals surface area contributed by atoms with Crippen molar-refractivity contribution in [2.45, 2.75) is 16.6 Å². The molecule has 0 aromatic heterocycles. The Hall–Kier alpha value is 0.0300. The maximum Gasteiger partial charge on any atom is 0.424 e. The van der Waals surface area contributed by atoms with Crippen molar-refractivity contribution in [3.05, 3.63) is 34.3 Å². The van der Waals surface area contributed by atoms with E-state index in [1.54, 1.807) is 6.07 Å².